The molecular formula is C25H26FN3O3. The lowest BCUT2D eigenvalue weighted by atomic mass is 10.0. The molecule has 1 aromatic heterocycles. The van der Waals surface area contributed by atoms with E-state index in [-0.39, 0.29) is 18.2 Å². The minimum atomic E-state index is -0.724. The molecular weight excluding hydrogens is 409 g/mol. The Morgan fingerprint density at radius 2 is 1.97 bits per heavy atom. The maximum atomic E-state index is 13.7. The number of nitrogen functional groups attached to an aromatic ring is 1. The predicted octanol–water partition coefficient (Wildman–Crippen LogP) is 4.60. The van der Waals surface area contributed by atoms with Gasteiger partial charge in [0.25, 0.3) is 0 Å². The Balaban J connectivity index is 1.88. The van der Waals surface area contributed by atoms with Crippen LogP contribution >= 0.6 is 0 Å². The molecule has 32 heavy (non-hydrogen) atoms. The van der Waals surface area contributed by atoms with Crippen LogP contribution in [0.4, 0.5) is 10.1 Å². The summed E-state index contributed by atoms with van der Waals surface area (Å²) in [6, 6.07) is 13.7. The van der Waals surface area contributed by atoms with Gasteiger partial charge in [-0.3, -0.25) is 4.79 Å². The second kappa shape index (κ2) is 8.96. The van der Waals surface area contributed by atoms with E-state index in [0.29, 0.717) is 12.1 Å². The largest absolute Gasteiger partial charge is 0.458 e. The minimum Gasteiger partial charge on any atom is -0.458 e. The highest BCUT2D eigenvalue weighted by atomic mass is 19.1. The molecule has 0 spiro atoms. The van der Waals surface area contributed by atoms with E-state index < -0.39 is 18.2 Å². The van der Waals surface area contributed by atoms with Gasteiger partial charge in [0.1, 0.15) is 17.7 Å². The van der Waals surface area contributed by atoms with Gasteiger partial charge in [0.05, 0.1) is 23.9 Å². The molecule has 2 heterocycles. The quantitative estimate of drug-likeness (QED) is 0.452. The van der Waals surface area contributed by atoms with Gasteiger partial charge in [-0.05, 0) is 42.5 Å². The number of hydrogen-bond donors (Lipinski definition) is 2. The van der Waals surface area contributed by atoms with Gasteiger partial charge in [-0.1, -0.05) is 26.0 Å². The van der Waals surface area contributed by atoms with E-state index in [4.69, 9.17) is 15.5 Å². The van der Waals surface area contributed by atoms with Crippen molar-refractivity contribution in [3.8, 4) is 22.5 Å². The smallest absolute Gasteiger partial charge is 0.309 e. The van der Waals surface area contributed by atoms with Crippen LogP contribution in [-0.2, 0) is 9.53 Å². The van der Waals surface area contributed by atoms with E-state index in [1.807, 2.05) is 48.9 Å². The molecule has 1 fully saturated rings. The third kappa shape index (κ3) is 4.57. The van der Waals surface area contributed by atoms with Crippen LogP contribution in [0.2, 0.25) is 0 Å². The number of carbonyl (C=O) groups excluding carboxylic acids is 1. The zero-order chi connectivity index (χ0) is 22.8. The second-order valence-corrected chi connectivity index (χ2v) is 8.29. The third-order valence-electron chi connectivity index (χ3n) is 5.37. The Kier molecular flexibility index (Phi) is 6.10. The van der Waals surface area contributed by atoms with Crippen LogP contribution in [-0.4, -0.2) is 32.8 Å². The summed E-state index contributed by atoms with van der Waals surface area (Å²) in [5.41, 5.74) is 9.77. The van der Waals surface area contributed by atoms with Crippen molar-refractivity contribution in [2.45, 2.75) is 44.8 Å². The number of aromatic nitrogens is 2. The molecule has 3 N–H and O–H groups in total. The Morgan fingerprint density at radius 3 is 2.62 bits per heavy atom. The number of cyclic esters (lactones) is 1. The maximum absolute atomic E-state index is 13.7. The van der Waals surface area contributed by atoms with Crippen molar-refractivity contribution in [3.63, 3.8) is 0 Å². The lowest BCUT2D eigenvalue weighted by molar-refractivity contribution is -0.156. The molecule has 0 radical (unpaired) electrons. The number of benzene rings is 2. The van der Waals surface area contributed by atoms with E-state index in [1.54, 1.807) is 18.2 Å². The van der Waals surface area contributed by atoms with Crippen LogP contribution in [0, 0.1) is 5.82 Å². The zero-order valence-corrected chi connectivity index (χ0v) is 18.0. The number of esters is 1. The van der Waals surface area contributed by atoms with E-state index in [1.165, 1.54) is 12.1 Å². The highest BCUT2D eigenvalue weighted by Crippen LogP contribution is 2.36. The third-order valence-corrected chi connectivity index (χ3v) is 5.37. The zero-order valence-electron chi connectivity index (χ0n) is 18.0. The van der Waals surface area contributed by atoms with Crippen LogP contribution in [0.3, 0.4) is 0 Å². The molecule has 1 aliphatic rings. The van der Waals surface area contributed by atoms with Crippen molar-refractivity contribution in [2.24, 2.45) is 0 Å². The fraction of sp³-hybridized carbons (Fsp3) is 0.280. The number of anilines is 1. The van der Waals surface area contributed by atoms with E-state index in [0.717, 1.165) is 28.3 Å². The van der Waals surface area contributed by atoms with Gasteiger partial charge in [0.2, 0.25) is 0 Å². The Labute approximate surface area is 186 Å². The van der Waals surface area contributed by atoms with Crippen LogP contribution in [0.5, 0.6) is 0 Å². The summed E-state index contributed by atoms with van der Waals surface area (Å²) in [5.74, 6) is 0.120. The van der Waals surface area contributed by atoms with Crippen LogP contribution in [0.1, 0.15) is 38.4 Å². The van der Waals surface area contributed by atoms with Gasteiger partial charge in [-0.25, -0.2) is 9.37 Å². The topological polar surface area (TPSA) is 90.4 Å². The standard InChI is InChI=1S/C25H26FN3O3/c1-15(2)25-28-23(17-4-3-5-19(27)12-17)24(16-6-8-18(26)9-7-16)29(25)11-10-21-13-20(30)14-22(31)32-21/h3-12,15,20-21,30H,13-14,27H2,1-2H3. The molecule has 2 atom stereocenters. The number of halogens is 1. The number of hydrogen-bond acceptors (Lipinski definition) is 5. The molecule has 3 aromatic rings. The molecule has 0 saturated carbocycles. The first-order valence-electron chi connectivity index (χ1n) is 10.6. The predicted molar refractivity (Wildman–Crippen MR) is 122 cm³/mol. The van der Waals surface area contributed by atoms with E-state index >= 15 is 0 Å². The highest BCUT2D eigenvalue weighted by Gasteiger charge is 2.26. The first-order valence-corrected chi connectivity index (χ1v) is 10.6. The summed E-state index contributed by atoms with van der Waals surface area (Å²) in [6.07, 6.45) is 2.65. The van der Waals surface area contributed by atoms with Gasteiger partial charge in [0.15, 0.2) is 0 Å². The monoisotopic (exact) mass is 435 g/mol. The highest BCUT2D eigenvalue weighted by molar-refractivity contribution is 5.82. The van der Waals surface area contributed by atoms with Crippen LogP contribution < -0.4 is 5.73 Å². The van der Waals surface area contributed by atoms with Crippen LogP contribution in [0.25, 0.3) is 28.7 Å². The van der Waals surface area contributed by atoms with E-state index in [9.17, 15) is 14.3 Å². The van der Waals surface area contributed by atoms with Crippen molar-refractivity contribution in [1.82, 2.24) is 9.55 Å². The number of ether oxygens (including phenoxy) is 1. The minimum absolute atomic E-state index is 0.00701. The first-order chi connectivity index (χ1) is 15.3. The average Bonchev–Trinajstić information content (AvgIpc) is 3.12. The summed E-state index contributed by atoms with van der Waals surface area (Å²) in [5, 5.41) is 9.93. The first kappa shape index (κ1) is 21.8. The Bertz CT molecular complexity index is 1150. The Morgan fingerprint density at radius 1 is 1.22 bits per heavy atom. The van der Waals surface area contributed by atoms with Crippen molar-refractivity contribution in [2.75, 3.05) is 5.73 Å². The van der Waals surface area contributed by atoms with Gasteiger partial charge >= 0.3 is 5.97 Å². The number of aliphatic hydroxyl groups is 1. The Hall–Kier alpha value is -3.45. The molecule has 1 saturated heterocycles. The lowest BCUT2D eigenvalue weighted by Gasteiger charge is -2.23. The fourth-order valence-electron chi connectivity index (χ4n) is 3.89. The number of aliphatic hydroxyl groups excluding tert-OH is 1. The number of carbonyl (C=O) groups is 1. The van der Waals surface area contributed by atoms with Crippen molar-refractivity contribution in [1.29, 1.82) is 0 Å². The summed E-state index contributed by atoms with van der Waals surface area (Å²) >= 11 is 0. The SMILES string of the molecule is CC(C)c1nc(-c2cccc(N)c2)c(-c2ccc(F)cc2)n1C=CC1CC(O)CC(=O)O1. The normalized spacial score (nSPS) is 19.0. The molecule has 166 valence electrons. The maximum Gasteiger partial charge on any atom is 0.309 e. The van der Waals surface area contributed by atoms with Gasteiger partial charge in [0, 0.05) is 35.4 Å². The number of nitrogens with zero attached hydrogens (tertiary/aromatic N) is 2. The van der Waals surface area contributed by atoms with Gasteiger partial charge < -0.3 is 20.1 Å². The molecule has 7 heteroatoms. The number of imidazole rings is 1. The molecule has 0 aliphatic carbocycles. The molecule has 6 nitrogen and oxygen atoms in total. The molecule has 2 aromatic carbocycles. The molecule has 0 bridgehead atoms. The fourth-order valence-corrected chi connectivity index (χ4v) is 3.89. The van der Waals surface area contributed by atoms with Crippen molar-refractivity contribution < 1.29 is 19.0 Å². The molecule has 2 unspecified atom stereocenters. The van der Waals surface area contributed by atoms with E-state index in [2.05, 4.69) is 0 Å². The summed E-state index contributed by atoms with van der Waals surface area (Å²) in [4.78, 5) is 16.6. The summed E-state index contributed by atoms with van der Waals surface area (Å²) < 4.78 is 20.9. The van der Waals surface area contributed by atoms with Gasteiger partial charge in [-0.2, -0.15) is 0 Å². The number of rotatable bonds is 5. The molecule has 0 amide bonds. The van der Waals surface area contributed by atoms with Crippen molar-refractivity contribution >= 4 is 17.9 Å². The summed E-state index contributed by atoms with van der Waals surface area (Å²) in [7, 11) is 0. The molecule has 4 rings (SSSR count). The lowest BCUT2D eigenvalue weighted by Crippen LogP contribution is -2.31. The molecule has 1 aliphatic heterocycles. The number of nitrogens with two attached hydrogens (primary N) is 1. The van der Waals surface area contributed by atoms with Crippen molar-refractivity contribution in [3.05, 3.63) is 66.2 Å². The van der Waals surface area contributed by atoms with Gasteiger partial charge in [-0.15, -0.1) is 0 Å². The summed E-state index contributed by atoms with van der Waals surface area (Å²) in [6.45, 7) is 4.07. The average molecular weight is 435 g/mol. The van der Waals surface area contributed by atoms with Crippen LogP contribution in [0.15, 0.2) is 54.6 Å². The second-order valence-electron chi connectivity index (χ2n) is 8.29.